The van der Waals surface area contributed by atoms with Crippen molar-refractivity contribution in [1.29, 1.82) is 0 Å². The van der Waals surface area contributed by atoms with Crippen LogP contribution < -0.4 is 11.1 Å². The standard InChI is InChI=1S/C12H14F2N2OS/c1-12(2,11(15)18)6-16-10(17)7-3-4-8(13)9(14)5-7/h3-5H,6H2,1-2H3,(H2,15,18)(H,16,17). The fourth-order valence-corrected chi connectivity index (χ4v) is 1.20. The highest BCUT2D eigenvalue weighted by Crippen LogP contribution is 2.14. The lowest BCUT2D eigenvalue weighted by molar-refractivity contribution is 0.0944. The van der Waals surface area contributed by atoms with Crippen molar-refractivity contribution in [2.24, 2.45) is 11.1 Å². The Hall–Kier alpha value is -1.56. The molecule has 6 heteroatoms. The van der Waals surface area contributed by atoms with Gasteiger partial charge in [0.25, 0.3) is 5.91 Å². The summed E-state index contributed by atoms with van der Waals surface area (Å²) in [6.07, 6.45) is 0. The summed E-state index contributed by atoms with van der Waals surface area (Å²) in [6, 6.07) is 2.96. The Kier molecular flexibility index (Phi) is 4.34. The zero-order valence-electron chi connectivity index (χ0n) is 10.1. The number of carbonyl (C=O) groups excluding carboxylic acids is 1. The second-order valence-corrected chi connectivity index (χ2v) is 5.00. The Morgan fingerprint density at radius 2 is 2.00 bits per heavy atom. The lowest BCUT2D eigenvalue weighted by Crippen LogP contribution is -2.41. The molecule has 0 saturated heterocycles. The summed E-state index contributed by atoms with van der Waals surface area (Å²) >= 11 is 4.86. The van der Waals surface area contributed by atoms with Crippen molar-refractivity contribution in [3.8, 4) is 0 Å². The predicted molar refractivity (Wildman–Crippen MR) is 69.3 cm³/mol. The van der Waals surface area contributed by atoms with Crippen LogP contribution >= 0.6 is 12.2 Å². The summed E-state index contributed by atoms with van der Waals surface area (Å²) in [4.78, 5) is 12.0. The van der Waals surface area contributed by atoms with Crippen molar-refractivity contribution in [2.45, 2.75) is 13.8 Å². The quantitative estimate of drug-likeness (QED) is 0.824. The molecule has 0 aliphatic rings. The van der Waals surface area contributed by atoms with Gasteiger partial charge in [-0.2, -0.15) is 0 Å². The largest absolute Gasteiger partial charge is 0.393 e. The number of halogens is 2. The Labute approximate surface area is 109 Å². The third kappa shape index (κ3) is 3.46. The highest BCUT2D eigenvalue weighted by Gasteiger charge is 2.22. The zero-order valence-corrected chi connectivity index (χ0v) is 10.9. The number of nitrogens with one attached hydrogen (secondary N) is 1. The number of benzene rings is 1. The van der Waals surface area contributed by atoms with Crippen LogP contribution in [0.15, 0.2) is 18.2 Å². The molecule has 0 spiro atoms. The van der Waals surface area contributed by atoms with E-state index in [0.29, 0.717) is 0 Å². The molecule has 3 N–H and O–H groups in total. The van der Waals surface area contributed by atoms with E-state index in [2.05, 4.69) is 5.32 Å². The van der Waals surface area contributed by atoms with Crippen LogP contribution in [0.1, 0.15) is 24.2 Å². The van der Waals surface area contributed by atoms with Gasteiger partial charge < -0.3 is 11.1 Å². The molecule has 1 rings (SSSR count). The minimum atomic E-state index is -1.06. The van der Waals surface area contributed by atoms with Crippen molar-refractivity contribution in [3.63, 3.8) is 0 Å². The number of amides is 1. The van der Waals surface area contributed by atoms with Gasteiger partial charge in [-0.05, 0) is 18.2 Å². The Morgan fingerprint density at radius 3 is 2.50 bits per heavy atom. The van der Waals surface area contributed by atoms with Crippen molar-refractivity contribution >= 4 is 23.1 Å². The van der Waals surface area contributed by atoms with Crippen LogP contribution in [0.3, 0.4) is 0 Å². The summed E-state index contributed by atoms with van der Waals surface area (Å²) in [5.41, 5.74) is 5.02. The average Bonchev–Trinajstić information content (AvgIpc) is 2.29. The molecular weight excluding hydrogens is 258 g/mol. The molecule has 1 aromatic rings. The van der Waals surface area contributed by atoms with E-state index in [4.69, 9.17) is 18.0 Å². The number of carbonyl (C=O) groups is 1. The van der Waals surface area contributed by atoms with E-state index in [-0.39, 0.29) is 17.1 Å². The number of hydrogen-bond donors (Lipinski definition) is 2. The zero-order chi connectivity index (χ0) is 13.9. The summed E-state index contributed by atoms with van der Waals surface area (Å²) in [6.45, 7) is 3.78. The molecule has 98 valence electrons. The van der Waals surface area contributed by atoms with Gasteiger partial charge in [0.2, 0.25) is 0 Å². The molecule has 1 aromatic carbocycles. The lowest BCUT2D eigenvalue weighted by atomic mass is 9.93. The highest BCUT2D eigenvalue weighted by atomic mass is 32.1. The van der Waals surface area contributed by atoms with Crippen molar-refractivity contribution in [3.05, 3.63) is 35.4 Å². The van der Waals surface area contributed by atoms with Gasteiger partial charge >= 0.3 is 0 Å². The molecule has 0 aromatic heterocycles. The Morgan fingerprint density at radius 1 is 1.39 bits per heavy atom. The van der Waals surface area contributed by atoms with E-state index in [9.17, 15) is 13.6 Å². The van der Waals surface area contributed by atoms with Crippen LogP contribution in [-0.2, 0) is 0 Å². The van der Waals surface area contributed by atoms with Gasteiger partial charge in [-0.1, -0.05) is 26.1 Å². The number of hydrogen-bond acceptors (Lipinski definition) is 2. The van der Waals surface area contributed by atoms with E-state index in [0.717, 1.165) is 12.1 Å². The van der Waals surface area contributed by atoms with Gasteiger partial charge in [-0.3, -0.25) is 4.79 Å². The molecule has 0 heterocycles. The first-order chi connectivity index (χ1) is 8.24. The van der Waals surface area contributed by atoms with E-state index in [1.54, 1.807) is 13.8 Å². The summed E-state index contributed by atoms with van der Waals surface area (Å²) < 4.78 is 25.6. The molecular formula is C12H14F2N2OS. The molecule has 18 heavy (non-hydrogen) atoms. The maximum Gasteiger partial charge on any atom is 0.251 e. The third-order valence-corrected chi connectivity index (χ3v) is 3.09. The smallest absolute Gasteiger partial charge is 0.251 e. The van der Waals surface area contributed by atoms with Crippen molar-refractivity contribution < 1.29 is 13.6 Å². The highest BCUT2D eigenvalue weighted by molar-refractivity contribution is 7.80. The normalized spacial score (nSPS) is 11.1. The van der Waals surface area contributed by atoms with Crippen LogP contribution in [0.25, 0.3) is 0 Å². The first-order valence-electron chi connectivity index (χ1n) is 5.27. The maximum atomic E-state index is 12.9. The van der Waals surface area contributed by atoms with Gasteiger partial charge in [-0.15, -0.1) is 0 Å². The van der Waals surface area contributed by atoms with E-state index < -0.39 is 23.0 Å². The van der Waals surface area contributed by atoms with E-state index >= 15 is 0 Å². The fourth-order valence-electron chi connectivity index (χ4n) is 1.13. The molecule has 3 nitrogen and oxygen atoms in total. The molecule has 0 atom stereocenters. The lowest BCUT2D eigenvalue weighted by Gasteiger charge is -2.23. The first kappa shape index (κ1) is 14.5. The molecule has 0 aliphatic carbocycles. The minimum absolute atomic E-state index is 0.0487. The third-order valence-electron chi connectivity index (χ3n) is 2.54. The Balaban J connectivity index is 2.72. The van der Waals surface area contributed by atoms with Crippen LogP contribution in [0.4, 0.5) is 8.78 Å². The molecule has 0 unspecified atom stereocenters. The number of rotatable bonds is 4. The fraction of sp³-hybridized carbons (Fsp3) is 0.333. The number of thiocarbonyl (C=S) groups is 1. The molecule has 0 bridgehead atoms. The minimum Gasteiger partial charge on any atom is -0.393 e. The van der Waals surface area contributed by atoms with Crippen LogP contribution in [0.5, 0.6) is 0 Å². The van der Waals surface area contributed by atoms with Gasteiger partial charge in [0.1, 0.15) is 0 Å². The van der Waals surface area contributed by atoms with Gasteiger partial charge in [0.15, 0.2) is 11.6 Å². The van der Waals surface area contributed by atoms with Gasteiger partial charge in [-0.25, -0.2) is 8.78 Å². The second-order valence-electron chi connectivity index (χ2n) is 4.56. The Bertz CT molecular complexity index is 489. The molecule has 0 fully saturated rings. The summed E-state index contributed by atoms with van der Waals surface area (Å²) in [7, 11) is 0. The van der Waals surface area contributed by atoms with Crippen LogP contribution in [0, 0.1) is 17.0 Å². The molecule has 0 aliphatic heterocycles. The van der Waals surface area contributed by atoms with Crippen LogP contribution in [0.2, 0.25) is 0 Å². The van der Waals surface area contributed by atoms with E-state index in [1.807, 2.05) is 0 Å². The maximum absolute atomic E-state index is 12.9. The van der Waals surface area contributed by atoms with Crippen molar-refractivity contribution in [2.75, 3.05) is 6.54 Å². The van der Waals surface area contributed by atoms with E-state index in [1.165, 1.54) is 6.07 Å². The second kappa shape index (κ2) is 5.39. The first-order valence-corrected chi connectivity index (χ1v) is 5.68. The molecule has 0 radical (unpaired) electrons. The van der Waals surface area contributed by atoms with Gasteiger partial charge in [0.05, 0.1) is 4.99 Å². The predicted octanol–water partition coefficient (Wildman–Crippen LogP) is 2.01. The average molecular weight is 272 g/mol. The summed E-state index contributed by atoms with van der Waals surface area (Å²) in [5.74, 6) is -2.55. The van der Waals surface area contributed by atoms with Crippen molar-refractivity contribution in [1.82, 2.24) is 5.32 Å². The number of nitrogens with two attached hydrogens (primary N) is 1. The van der Waals surface area contributed by atoms with Gasteiger partial charge in [0, 0.05) is 17.5 Å². The van der Waals surface area contributed by atoms with Crippen LogP contribution in [-0.4, -0.2) is 17.4 Å². The summed E-state index contributed by atoms with van der Waals surface area (Å²) in [5, 5.41) is 2.57. The molecule has 1 amide bonds. The SMILES string of the molecule is CC(C)(CNC(=O)c1ccc(F)c(F)c1)C(N)=S. The molecule has 0 saturated carbocycles. The topological polar surface area (TPSA) is 55.1 Å². The monoisotopic (exact) mass is 272 g/mol.